The smallest absolute Gasteiger partial charge is 0.342 e. The molecule has 2 heterocycles. The molecule has 3 nitrogen and oxygen atoms in total. The van der Waals surface area contributed by atoms with E-state index in [0.29, 0.717) is 18.0 Å². The first-order chi connectivity index (χ1) is 12.9. The Hall–Kier alpha value is -2.34. The van der Waals surface area contributed by atoms with Crippen molar-refractivity contribution >= 4 is 11.0 Å². The van der Waals surface area contributed by atoms with Crippen molar-refractivity contribution in [3.8, 4) is 0 Å². The fourth-order valence-corrected chi connectivity index (χ4v) is 3.80. The second-order valence-corrected chi connectivity index (χ2v) is 7.39. The molecule has 0 amide bonds. The van der Waals surface area contributed by atoms with Crippen molar-refractivity contribution in [1.29, 1.82) is 0 Å². The van der Waals surface area contributed by atoms with E-state index in [1.54, 1.807) is 6.07 Å². The van der Waals surface area contributed by atoms with Crippen LogP contribution in [0.3, 0.4) is 0 Å². The first-order valence-corrected chi connectivity index (χ1v) is 9.23. The number of likely N-dealkylation sites (tertiary alicyclic amines) is 1. The summed E-state index contributed by atoms with van der Waals surface area (Å²) < 4.78 is 38.6. The van der Waals surface area contributed by atoms with Gasteiger partial charge in [0, 0.05) is 12.5 Å². The second kappa shape index (κ2) is 7.00. The van der Waals surface area contributed by atoms with Crippen LogP contribution in [0.15, 0.2) is 42.5 Å². The van der Waals surface area contributed by atoms with Crippen LogP contribution < -0.4 is 0 Å². The van der Waals surface area contributed by atoms with Gasteiger partial charge in [0.15, 0.2) is 0 Å². The summed E-state index contributed by atoms with van der Waals surface area (Å²) in [4.78, 5) is 10.4. The molecule has 0 unspecified atom stereocenters. The van der Waals surface area contributed by atoms with Gasteiger partial charge in [-0.05, 0) is 62.2 Å². The third-order valence-electron chi connectivity index (χ3n) is 5.29. The average molecular weight is 373 g/mol. The van der Waals surface area contributed by atoms with Gasteiger partial charge in [0.1, 0.15) is 5.82 Å². The molecular formula is C21H22F3N3. The lowest BCUT2D eigenvalue weighted by atomic mass is 9.95. The summed E-state index contributed by atoms with van der Waals surface area (Å²) >= 11 is 0. The Morgan fingerprint density at radius 1 is 1.11 bits per heavy atom. The summed E-state index contributed by atoms with van der Waals surface area (Å²) in [6.45, 7) is 4.32. The Kier molecular flexibility index (Phi) is 4.68. The molecule has 0 spiro atoms. The van der Waals surface area contributed by atoms with Crippen LogP contribution in [0.1, 0.15) is 41.3 Å². The number of benzene rings is 2. The number of aromatic amines is 1. The summed E-state index contributed by atoms with van der Waals surface area (Å²) in [5, 5.41) is 0. The van der Waals surface area contributed by atoms with Crippen LogP contribution in [0.25, 0.3) is 11.0 Å². The molecular weight excluding hydrogens is 351 g/mol. The maximum atomic E-state index is 12.9. The highest BCUT2D eigenvalue weighted by atomic mass is 19.4. The number of aromatic nitrogens is 2. The predicted molar refractivity (Wildman–Crippen MR) is 99.5 cm³/mol. The number of halogens is 3. The molecule has 142 valence electrons. The molecule has 0 aliphatic carbocycles. The molecule has 2 aromatic carbocycles. The standard InChI is InChI=1S/C21H22F3N3/c1-14-5-6-18-19(11-14)26-20(25-18)16-7-9-27(10-8-16)13-15-3-2-4-17(12-15)21(22,23)24/h2-6,11-12,16H,7-10,13H2,1H3,(H,25,26). The molecule has 4 rings (SSSR count). The van der Waals surface area contributed by atoms with Crippen molar-refractivity contribution in [3.63, 3.8) is 0 Å². The van der Waals surface area contributed by atoms with Gasteiger partial charge in [-0.2, -0.15) is 13.2 Å². The van der Waals surface area contributed by atoms with Gasteiger partial charge in [-0.15, -0.1) is 0 Å². The lowest BCUT2D eigenvalue weighted by molar-refractivity contribution is -0.137. The summed E-state index contributed by atoms with van der Waals surface area (Å²) in [5.41, 5.74) is 3.38. The van der Waals surface area contributed by atoms with E-state index in [4.69, 9.17) is 4.98 Å². The first kappa shape index (κ1) is 18.0. The van der Waals surface area contributed by atoms with Crippen LogP contribution in [0, 0.1) is 6.92 Å². The van der Waals surface area contributed by atoms with Crippen LogP contribution >= 0.6 is 0 Å². The Bertz CT molecular complexity index is 937. The fourth-order valence-electron chi connectivity index (χ4n) is 3.80. The lowest BCUT2D eigenvalue weighted by Crippen LogP contribution is -2.32. The summed E-state index contributed by atoms with van der Waals surface area (Å²) in [6.07, 6.45) is -2.38. The number of nitrogens with one attached hydrogen (secondary N) is 1. The highest BCUT2D eigenvalue weighted by Crippen LogP contribution is 2.31. The molecule has 1 N–H and O–H groups in total. The molecule has 1 aromatic heterocycles. The van der Waals surface area contributed by atoms with Crippen molar-refractivity contribution in [2.24, 2.45) is 0 Å². The quantitative estimate of drug-likeness (QED) is 0.678. The van der Waals surface area contributed by atoms with E-state index in [0.717, 1.165) is 48.9 Å². The number of fused-ring (bicyclic) bond motifs is 1. The predicted octanol–water partition coefficient (Wildman–Crippen LogP) is 5.27. The summed E-state index contributed by atoms with van der Waals surface area (Å²) in [5.74, 6) is 1.39. The number of aryl methyl sites for hydroxylation is 1. The third-order valence-corrected chi connectivity index (χ3v) is 5.29. The van der Waals surface area contributed by atoms with E-state index in [-0.39, 0.29) is 0 Å². The third kappa shape index (κ3) is 4.00. The maximum Gasteiger partial charge on any atom is 0.416 e. The molecule has 0 saturated carbocycles. The van der Waals surface area contributed by atoms with Crippen LogP contribution in [-0.2, 0) is 12.7 Å². The number of H-pyrrole nitrogens is 1. The van der Waals surface area contributed by atoms with Crippen LogP contribution in [0.4, 0.5) is 13.2 Å². The fraction of sp³-hybridized carbons (Fsp3) is 0.381. The van der Waals surface area contributed by atoms with Crippen LogP contribution in [-0.4, -0.2) is 28.0 Å². The molecule has 1 aliphatic heterocycles. The van der Waals surface area contributed by atoms with Gasteiger partial charge in [0.25, 0.3) is 0 Å². The van der Waals surface area contributed by atoms with Crippen LogP contribution in [0.5, 0.6) is 0 Å². The first-order valence-electron chi connectivity index (χ1n) is 9.23. The molecule has 0 bridgehead atoms. The number of piperidine rings is 1. The lowest BCUT2D eigenvalue weighted by Gasteiger charge is -2.31. The number of rotatable bonds is 3. The van der Waals surface area contributed by atoms with Gasteiger partial charge in [-0.1, -0.05) is 24.3 Å². The van der Waals surface area contributed by atoms with E-state index < -0.39 is 11.7 Å². The molecule has 0 radical (unpaired) electrons. The monoisotopic (exact) mass is 373 g/mol. The normalized spacial score (nSPS) is 16.9. The molecule has 1 fully saturated rings. The SMILES string of the molecule is Cc1ccc2[nH]c(C3CCN(Cc4cccc(C(F)(F)F)c4)CC3)nc2c1. The molecule has 3 aromatic rings. The Morgan fingerprint density at radius 2 is 1.89 bits per heavy atom. The highest BCUT2D eigenvalue weighted by Gasteiger charge is 2.30. The van der Waals surface area contributed by atoms with Gasteiger partial charge in [0.2, 0.25) is 0 Å². The highest BCUT2D eigenvalue weighted by molar-refractivity contribution is 5.75. The van der Waals surface area contributed by atoms with Gasteiger partial charge < -0.3 is 4.98 Å². The zero-order valence-corrected chi connectivity index (χ0v) is 15.2. The topological polar surface area (TPSA) is 31.9 Å². The summed E-state index contributed by atoms with van der Waals surface area (Å²) in [6, 6.07) is 11.8. The minimum atomic E-state index is -4.29. The Labute approximate surface area is 156 Å². The number of nitrogens with zero attached hydrogens (tertiary/aromatic N) is 2. The van der Waals surface area contributed by atoms with Gasteiger partial charge in [-0.25, -0.2) is 4.98 Å². The number of hydrogen-bond donors (Lipinski definition) is 1. The minimum absolute atomic E-state index is 0.371. The van der Waals surface area contributed by atoms with E-state index in [1.807, 2.05) is 0 Å². The Morgan fingerprint density at radius 3 is 2.63 bits per heavy atom. The van der Waals surface area contributed by atoms with Crippen molar-refractivity contribution in [2.45, 2.75) is 38.4 Å². The molecule has 6 heteroatoms. The van der Waals surface area contributed by atoms with Crippen LogP contribution in [0.2, 0.25) is 0 Å². The van der Waals surface area contributed by atoms with Crippen molar-refractivity contribution in [3.05, 3.63) is 65.0 Å². The van der Waals surface area contributed by atoms with Crippen molar-refractivity contribution in [2.75, 3.05) is 13.1 Å². The van der Waals surface area contributed by atoms with E-state index in [1.165, 1.54) is 17.7 Å². The van der Waals surface area contributed by atoms with Gasteiger partial charge >= 0.3 is 6.18 Å². The van der Waals surface area contributed by atoms with E-state index >= 15 is 0 Å². The largest absolute Gasteiger partial charge is 0.416 e. The minimum Gasteiger partial charge on any atom is -0.342 e. The van der Waals surface area contributed by atoms with Gasteiger partial charge in [0.05, 0.1) is 16.6 Å². The molecule has 27 heavy (non-hydrogen) atoms. The van der Waals surface area contributed by atoms with E-state index in [2.05, 4.69) is 35.0 Å². The van der Waals surface area contributed by atoms with Gasteiger partial charge in [-0.3, -0.25) is 4.90 Å². The average Bonchev–Trinajstić information content (AvgIpc) is 3.05. The number of imidazole rings is 1. The van der Waals surface area contributed by atoms with Crippen molar-refractivity contribution < 1.29 is 13.2 Å². The number of hydrogen-bond acceptors (Lipinski definition) is 2. The molecule has 0 atom stereocenters. The molecule has 1 aliphatic rings. The van der Waals surface area contributed by atoms with Crippen molar-refractivity contribution in [1.82, 2.24) is 14.9 Å². The second-order valence-electron chi connectivity index (χ2n) is 7.39. The zero-order chi connectivity index (χ0) is 19.0. The van der Waals surface area contributed by atoms with E-state index in [9.17, 15) is 13.2 Å². The molecule has 1 saturated heterocycles. The maximum absolute atomic E-state index is 12.9. The zero-order valence-electron chi connectivity index (χ0n) is 15.2. The Balaban J connectivity index is 1.40. The number of alkyl halides is 3. The summed E-state index contributed by atoms with van der Waals surface area (Å²) in [7, 11) is 0.